The fraction of sp³-hybridized carbons (Fsp3) is 0.389. The number of nitrogens with one attached hydrogen (secondary N) is 2. The molecule has 1 heterocycles. The van der Waals surface area contributed by atoms with Gasteiger partial charge in [-0.25, -0.2) is 0 Å². The van der Waals surface area contributed by atoms with E-state index in [0.29, 0.717) is 21.8 Å². The number of aliphatic imine (C=N–C) groups is 1. The molecule has 0 radical (unpaired) electrons. The first-order chi connectivity index (χ1) is 12.6. The maximum atomic E-state index is 10.1. The number of hydrogen-bond acceptors (Lipinski definition) is 3. The van der Waals surface area contributed by atoms with Crippen LogP contribution in [0.1, 0.15) is 6.92 Å². The molecule has 1 aromatic carbocycles. The molecule has 1 atom stereocenters. The third-order valence-corrected chi connectivity index (χ3v) is 4.28. The molecule has 0 aliphatic carbocycles. The minimum Gasteiger partial charge on any atom is -0.489 e. The van der Waals surface area contributed by atoms with Crippen molar-refractivity contribution in [1.29, 1.82) is 0 Å². The molecule has 9 heteroatoms. The summed E-state index contributed by atoms with van der Waals surface area (Å²) in [6.45, 7) is 4.56. The SMILES string of the molecule is CCNC(=NCC(O)COc1cccc(Cl)c1Cl)NCCn1cccc1.I. The van der Waals surface area contributed by atoms with Crippen LogP contribution in [0.4, 0.5) is 0 Å². The quantitative estimate of drug-likeness (QED) is 0.266. The molecule has 1 aromatic heterocycles. The zero-order valence-corrected chi connectivity index (χ0v) is 18.9. The first kappa shape index (κ1) is 23.9. The summed E-state index contributed by atoms with van der Waals surface area (Å²) in [4.78, 5) is 4.38. The molecule has 2 rings (SSSR count). The lowest BCUT2D eigenvalue weighted by Crippen LogP contribution is -2.39. The Labute approximate surface area is 186 Å². The van der Waals surface area contributed by atoms with E-state index in [-0.39, 0.29) is 37.1 Å². The van der Waals surface area contributed by atoms with Gasteiger partial charge >= 0.3 is 0 Å². The summed E-state index contributed by atoms with van der Waals surface area (Å²) in [6, 6.07) is 9.10. The van der Waals surface area contributed by atoms with Crippen molar-refractivity contribution in [2.24, 2.45) is 4.99 Å². The number of halogens is 3. The van der Waals surface area contributed by atoms with Crippen LogP contribution < -0.4 is 15.4 Å². The Morgan fingerprint density at radius 3 is 2.67 bits per heavy atom. The van der Waals surface area contributed by atoms with Crippen molar-refractivity contribution >= 4 is 53.1 Å². The second kappa shape index (κ2) is 13.1. The third-order valence-electron chi connectivity index (χ3n) is 3.48. The molecule has 0 spiro atoms. The van der Waals surface area contributed by atoms with Crippen molar-refractivity contribution in [3.63, 3.8) is 0 Å². The summed E-state index contributed by atoms with van der Waals surface area (Å²) < 4.78 is 7.60. The Hall–Kier alpha value is -1.16. The van der Waals surface area contributed by atoms with E-state index in [1.165, 1.54) is 0 Å². The van der Waals surface area contributed by atoms with Crippen LogP contribution in [-0.2, 0) is 6.54 Å². The van der Waals surface area contributed by atoms with Crippen molar-refractivity contribution in [3.05, 3.63) is 52.8 Å². The average Bonchev–Trinajstić information content (AvgIpc) is 3.14. The van der Waals surface area contributed by atoms with Gasteiger partial charge in [0.05, 0.1) is 11.6 Å². The molecule has 6 nitrogen and oxygen atoms in total. The zero-order valence-electron chi connectivity index (χ0n) is 15.1. The lowest BCUT2D eigenvalue weighted by atomic mass is 10.3. The van der Waals surface area contributed by atoms with Crippen LogP contribution in [0.25, 0.3) is 0 Å². The van der Waals surface area contributed by atoms with Gasteiger partial charge in [-0.1, -0.05) is 29.3 Å². The van der Waals surface area contributed by atoms with Gasteiger partial charge in [-0.05, 0) is 31.2 Å². The fourth-order valence-electron chi connectivity index (χ4n) is 2.20. The topological polar surface area (TPSA) is 70.8 Å². The highest BCUT2D eigenvalue weighted by Gasteiger charge is 2.09. The molecule has 0 aliphatic heterocycles. The first-order valence-electron chi connectivity index (χ1n) is 8.48. The van der Waals surface area contributed by atoms with E-state index in [9.17, 15) is 5.11 Å². The first-order valence-corrected chi connectivity index (χ1v) is 9.23. The molecule has 1 unspecified atom stereocenters. The lowest BCUT2D eigenvalue weighted by molar-refractivity contribution is 0.114. The number of hydrogen-bond donors (Lipinski definition) is 3. The molecule has 0 saturated carbocycles. The largest absolute Gasteiger partial charge is 0.489 e. The molecule has 0 aliphatic rings. The third kappa shape index (κ3) is 8.59. The molecule has 0 bridgehead atoms. The molecule has 2 aromatic rings. The fourth-order valence-corrected chi connectivity index (χ4v) is 2.54. The summed E-state index contributed by atoms with van der Waals surface area (Å²) in [5, 5.41) is 17.2. The van der Waals surface area contributed by atoms with Gasteiger partial charge in [-0.15, -0.1) is 24.0 Å². The summed E-state index contributed by atoms with van der Waals surface area (Å²) in [5.74, 6) is 1.10. The van der Waals surface area contributed by atoms with Gasteiger partial charge in [0, 0.05) is 32.0 Å². The second-order valence-corrected chi connectivity index (χ2v) is 6.37. The van der Waals surface area contributed by atoms with Crippen LogP contribution in [0.2, 0.25) is 10.0 Å². The van der Waals surface area contributed by atoms with E-state index in [1.807, 2.05) is 31.5 Å². The highest BCUT2D eigenvalue weighted by molar-refractivity contribution is 14.0. The van der Waals surface area contributed by atoms with Crippen LogP contribution in [0.3, 0.4) is 0 Å². The van der Waals surface area contributed by atoms with E-state index < -0.39 is 6.10 Å². The standard InChI is InChI=1S/C18H24Cl2N4O2.HI/c1-2-21-18(22-8-11-24-9-3-4-10-24)23-12-14(25)13-26-16-7-5-6-15(19)17(16)20;/h3-7,9-10,14,25H,2,8,11-13H2,1H3,(H2,21,22,23);1H. The van der Waals surface area contributed by atoms with Crippen LogP contribution in [0, 0.1) is 0 Å². The molecule has 150 valence electrons. The minimum absolute atomic E-state index is 0. The van der Waals surface area contributed by atoms with E-state index in [0.717, 1.165) is 19.6 Å². The number of guanidine groups is 1. The van der Waals surface area contributed by atoms with Gasteiger partial charge in [-0.3, -0.25) is 4.99 Å². The summed E-state index contributed by atoms with van der Waals surface area (Å²) in [6.07, 6.45) is 3.26. The molecular formula is C18H25Cl2IN4O2. The maximum absolute atomic E-state index is 10.1. The van der Waals surface area contributed by atoms with Gasteiger partial charge in [-0.2, -0.15) is 0 Å². The normalized spacial score (nSPS) is 12.2. The van der Waals surface area contributed by atoms with Crippen LogP contribution in [0.15, 0.2) is 47.7 Å². The second-order valence-electron chi connectivity index (χ2n) is 5.58. The number of nitrogens with zero attached hydrogens (tertiary/aromatic N) is 2. The van der Waals surface area contributed by atoms with Crippen molar-refractivity contribution in [3.8, 4) is 5.75 Å². The van der Waals surface area contributed by atoms with Crippen LogP contribution in [-0.4, -0.2) is 48.0 Å². The Morgan fingerprint density at radius 2 is 1.96 bits per heavy atom. The zero-order chi connectivity index (χ0) is 18.8. The van der Waals surface area contributed by atoms with Crippen molar-refractivity contribution in [1.82, 2.24) is 15.2 Å². The number of aliphatic hydroxyl groups is 1. The highest BCUT2D eigenvalue weighted by atomic mass is 127. The van der Waals surface area contributed by atoms with Gasteiger partial charge in [0.15, 0.2) is 5.96 Å². The van der Waals surface area contributed by atoms with Gasteiger partial charge in [0.25, 0.3) is 0 Å². The number of aromatic nitrogens is 1. The van der Waals surface area contributed by atoms with Crippen molar-refractivity contribution < 1.29 is 9.84 Å². The Balaban J connectivity index is 0.00000364. The summed E-state index contributed by atoms with van der Waals surface area (Å²) >= 11 is 12.0. The van der Waals surface area contributed by atoms with Gasteiger partial charge < -0.3 is 25.0 Å². The lowest BCUT2D eigenvalue weighted by Gasteiger charge is -2.14. The molecule has 0 saturated heterocycles. The van der Waals surface area contributed by atoms with Gasteiger partial charge in [0.2, 0.25) is 0 Å². The predicted molar refractivity (Wildman–Crippen MR) is 122 cm³/mol. The maximum Gasteiger partial charge on any atom is 0.191 e. The highest BCUT2D eigenvalue weighted by Crippen LogP contribution is 2.31. The molecule has 3 N–H and O–H groups in total. The minimum atomic E-state index is -0.759. The molecule has 0 amide bonds. The molecule has 0 fully saturated rings. The number of rotatable bonds is 9. The van der Waals surface area contributed by atoms with Crippen molar-refractivity contribution in [2.75, 3.05) is 26.2 Å². The number of aliphatic hydroxyl groups excluding tert-OH is 1. The Morgan fingerprint density at radius 1 is 1.22 bits per heavy atom. The predicted octanol–water partition coefficient (Wildman–Crippen LogP) is 3.41. The number of benzene rings is 1. The van der Waals surface area contributed by atoms with Gasteiger partial charge in [0.1, 0.15) is 23.5 Å². The van der Waals surface area contributed by atoms with Crippen LogP contribution >= 0.6 is 47.2 Å². The van der Waals surface area contributed by atoms with E-state index in [2.05, 4.69) is 20.2 Å². The molecule has 27 heavy (non-hydrogen) atoms. The van der Waals surface area contributed by atoms with E-state index >= 15 is 0 Å². The monoisotopic (exact) mass is 526 g/mol. The smallest absolute Gasteiger partial charge is 0.191 e. The summed E-state index contributed by atoms with van der Waals surface area (Å²) in [7, 11) is 0. The number of ether oxygens (including phenoxy) is 1. The average molecular weight is 527 g/mol. The van der Waals surface area contributed by atoms with Crippen LogP contribution in [0.5, 0.6) is 5.75 Å². The summed E-state index contributed by atoms with van der Waals surface area (Å²) in [5.41, 5.74) is 0. The Kier molecular flexibility index (Phi) is 11.6. The Bertz CT molecular complexity index is 699. The van der Waals surface area contributed by atoms with E-state index in [4.69, 9.17) is 27.9 Å². The van der Waals surface area contributed by atoms with E-state index in [1.54, 1.807) is 18.2 Å². The van der Waals surface area contributed by atoms with Crippen molar-refractivity contribution in [2.45, 2.75) is 19.6 Å². The molecular weight excluding hydrogens is 502 g/mol.